The van der Waals surface area contributed by atoms with Crippen molar-refractivity contribution in [3.05, 3.63) is 35.0 Å². The zero-order valence-corrected chi connectivity index (χ0v) is 11.1. The van der Waals surface area contributed by atoms with Crippen molar-refractivity contribution in [2.45, 2.75) is 39.0 Å². The summed E-state index contributed by atoms with van der Waals surface area (Å²) in [7, 11) is 0. The third-order valence-corrected chi connectivity index (χ3v) is 3.99. The number of ether oxygens (including phenoxy) is 1. The van der Waals surface area contributed by atoms with Crippen LogP contribution in [0.1, 0.15) is 42.2 Å². The highest BCUT2D eigenvalue weighted by Crippen LogP contribution is 2.38. The Morgan fingerprint density at radius 1 is 1.53 bits per heavy atom. The van der Waals surface area contributed by atoms with Gasteiger partial charge in [-0.05, 0) is 25.8 Å². The molecular weight excluding hydrogens is 242 g/mol. The normalized spacial score (nSPS) is 19.4. The Bertz CT molecular complexity index is 644. The Labute approximate surface area is 111 Å². The third-order valence-electron chi connectivity index (χ3n) is 3.99. The smallest absolute Gasteiger partial charge is 0.293 e. The van der Waals surface area contributed by atoms with Gasteiger partial charge in [0.15, 0.2) is 0 Å². The number of benzene rings is 1. The fourth-order valence-corrected chi connectivity index (χ4v) is 3.01. The summed E-state index contributed by atoms with van der Waals surface area (Å²) in [5, 5.41) is 11.2. The first-order valence-electron chi connectivity index (χ1n) is 6.53. The van der Waals surface area contributed by atoms with Gasteiger partial charge in [0, 0.05) is 29.3 Å². The van der Waals surface area contributed by atoms with Crippen molar-refractivity contribution >= 4 is 17.4 Å². The highest BCUT2D eigenvalue weighted by atomic mass is 16.5. The molecule has 0 saturated carbocycles. The molecule has 0 amide bonds. The number of aryl methyl sites for hydroxylation is 2. The second-order valence-corrected chi connectivity index (χ2v) is 5.15. The van der Waals surface area contributed by atoms with Gasteiger partial charge in [0.25, 0.3) is 6.47 Å². The summed E-state index contributed by atoms with van der Waals surface area (Å²) >= 11 is 0. The molecule has 0 radical (unpaired) electrons. The van der Waals surface area contributed by atoms with Crippen LogP contribution in [0.4, 0.5) is 0 Å². The highest BCUT2D eigenvalue weighted by molar-refractivity contribution is 5.91. The van der Waals surface area contributed by atoms with E-state index in [-0.39, 0.29) is 6.10 Å². The van der Waals surface area contributed by atoms with Crippen molar-refractivity contribution < 1.29 is 14.6 Å². The molecule has 0 saturated heterocycles. The number of carbonyl (C=O) groups excluding carboxylic acids is 1. The first kappa shape index (κ1) is 12.2. The quantitative estimate of drug-likeness (QED) is 0.862. The first-order chi connectivity index (χ1) is 9.13. The molecule has 2 heterocycles. The Balaban J connectivity index is 2.29. The van der Waals surface area contributed by atoms with Gasteiger partial charge in [-0.3, -0.25) is 4.79 Å². The number of hydrogen-bond donors (Lipinski definition) is 1. The Kier molecular flexibility index (Phi) is 2.82. The van der Waals surface area contributed by atoms with Crippen LogP contribution < -0.4 is 0 Å². The van der Waals surface area contributed by atoms with E-state index in [1.165, 1.54) is 0 Å². The van der Waals surface area contributed by atoms with Gasteiger partial charge in [-0.15, -0.1) is 0 Å². The van der Waals surface area contributed by atoms with Crippen molar-refractivity contribution in [2.75, 3.05) is 0 Å². The maximum absolute atomic E-state index is 10.5. The van der Waals surface area contributed by atoms with Crippen LogP contribution in [0.25, 0.3) is 10.9 Å². The summed E-state index contributed by atoms with van der Waals surface area (Å²) in [6, 6.07) is 4.01. The van der Waals surface area contributed by atoms with Gasteiger partial charge in [-0.25, -0.2) is 0 Å². The molecule has 1 aromatic heterocycles. The van der Waals surface area contributed by atoms with Gasteiger partial charge in [0.05, 0.1) is 11.6 Å². The second-order valence-electron chi connectivity index (χ2n) is 5.15. The van der Waals surface area contributed by atoms with Crippen molar-refractivity contribution in [2.24, 2.45) is 0 Å². The lowest BCUT2D eigenvalue weighted by molar-refractivity contribution is -0.133. The van der Waals surface area contributed by atoms with Crippen LogP contribution in [0, 0.1) is 6.92 Å². The van der Waals surface area contributed by atoms with E-state index in [9.17, 15) is 9.90 Å². The van der Waals surface area contributed by atoms with Crippen molar-refractivity contribution in [3.63, 3.8) is 0 Å². The number of nitrogens with zero attached hydrogens (tertiary/aromatic N) is 1. The molecule has 0 spiro atoms. The van der Waals surface area contributed by atoms with E-state index in [1.54, 1.807) is 0 Å². The van der Waals surface area contributed by atoms with Gasteiger partial charge in [-0.1, -0.05) is 12.1 Å². The van der Waals surface area contributed by atoms with Crippen LogP contribution in [-0.2, 0) is 16.1 Å². The fourth-order valence-electron chi connectivity index (χ4n) is 3.01. The summed E-state index contributed by atoms with van der Waals surface area (Å²) in [6.45, 7) is 5.19. The molecule has 4 heteroatoms. The molecule has 2 aromatic rings. The van der Waals surface area contributed by atoms with E-state index < -0.39 is 6.10 Å². The lowest BCUT2D eigenvalue weighted by Gasteiger charge is -2.21. The average molecular weight is 259 g/mol. The summed E-state index contributed by atoms with van der Waals surface area (Å²) in [5.41, 5.74) is 4.20. The molecule has 0 aliphatic carbocycles. The predicted molar refractivity (Wildman–Crippen MR) is 71.8 cm³/mol. The van der Waals surface area contributed by atoms with E-state index in [1.807, 2.05) is 32.2 Å². The van der Waals surface area contributed by atoms with Gasteiger partial charge < -0.3 is 14.4 Å². The maximum Gasteiger partial charge on any atom is 0.293 e. The largest absolute Gasteiger partial charge is 0.460 e. The Hall–Kier alpha value is -1.81. The minimum absolute atomic E-state index is 0.273. The van der Waals surface area contributed by atoms with Crippen LogP contribution in [0.3, 0.4) is 0 Å². The third kappa shape index (κ3) is 1.75. The van der Waals surface area contributed by atoms with Crippen LogP contribution in [-0.4, -0.2) is 16.1 Å². The number of aliphatic hydroxyl groups is 1. The van der Waals surface area contributed by atoms with Gasteiger partial charge >= 0.3 is 0 Å². The van der Waals surface area contributed by atoms with Crippen molar-refractivity contribution in [1.29, 1.82) is 0 Å². The molecule has 1 aromatic carbocycles. The molecular formula is C15H17NO3. The fraction of sp³-hybridized carbons (Fsp3) is 0.400. The molecule has 0 bridgehead atoms. The Morgan fingerprint density at radius 3 is 3.05 bits per heavy atom. The summed E-state index contributed by atoms with van der Waals surface area (Å²) in [4.78, 5) is 10.5. The minimum Gasteiger partial charge on any atom is -0.460 e. The molecule has 1 aliphatic heterocycles. The molecule has 1 aliphatic rings. The number of carbonyl (C=O) groups is 1. The molecule has 19 heavy (non-hydrogen) atoms. The predicted octanol–water partition coefficient (Wildman–Crippen LogP) is 2.62. The molecule has 4 nitrogen and oxygen atoms in total. The van der Waals surface area contributed by atoms with Gasteiger partial charge in [0.1, 0.15) is 6.10 Å². The number of hydrogen-bond acceptors (Lipinski definition) is 3. The van der Waals surface area contributed by atoms with Crippen LogP contribution in [0.15, 0.2) is 18.3 Å². The minimum atomic E-state index is -0.402. The number of rotatable bonds is 3. The lowest BCUT2D eigenvalue weighted by atomic mass is 9.96. The van der Waals surface area contributed by atoms with E-state index in [4.69, 9.17) is 4.74 Å². The molecule has 0 fully saturated rings. The summed E-state index contributed by atoms with van der Waals surface area (Å²) in [5.74, 6) is 0. The zero-order chi connectivity index (χ0) is 13.6. The second kappa shape index (κ2) is 4.38. The molecule has 100 valence electrons. The molecule has 1 N–H and O–H groups in total. The van der Waals surface area contributed by atoms with E-state index >= 15 is 0 Å². The average Bonchev–Trinajstić information content (AvgIpc) is 2.78. The lowest BCUT2D eigenvalue weighted by Crippen LogP contribution is -2.11. The highest BCUT2D eigenvalue weighted by Gasteiger charge is 2.25. The first-order valence-corrected chi connectivity index (χ1v) is 6.53. The summed E-state index contributed by atoms with van der Waals surface area (Å²) in [6.07, 6.45) is 2.09. The monoisotopic (exact) mass is 259 g/mol. The van der Waals surface area contributed by atoms with Crippen molar-refractivity contribution in [1.82, 2.24) is 4.57 Å². The maximum atomic E-state index is 10.5. The summed E-state index contributed by atoms with van der Waals surface area (Å²) < 4.78 is 7.24. The molecule has 3 rings (SSSR count). The standard InChI is InChI=1S/C15H17NO3/c1-9-3-4-11-13(18)5-6-16-7-12(10(2)19-8-17)14(9)15(11)16/h3-4,7-8,10,13,18H,5-6H2,1-2H3. The SMILES string of the molecule is Cc1ccc2c3c1c(C(C)OC=O)cn3CCC2O. The van der Waals surface area contributed by atoms with Crippen LogP contribution in [0.5, 0.6) is 0 Å². The van der Waals surface area contributed by atoms with Crippen LogP contribution in [0.2, 0.25) is 0 Å². The van der Waals surface area contributed by atoms with E-state index in [0.29, 0.717) is 6.47 Å². The van der Waals surface area contributed by atoms with Crippen LogP contribution >= 0.6 is 0 Å². The van der Waals surface area contributed by atoms with E-state index in [2.05, 4.69) is 4.57 Å². The molecule has 2 atom stereocenters. The topological polar surface area (TPSA) is 51.5 Å². The number of aromatic nitrogens is 1. The van der Waals surface area contributed by atoms with Gasteiger partial charge in [0.2, 0.25) is 0 Å². The molecule has 2 unspecified atom stereocenters. The van der Waals surface area contributed by atoms with Crippen molar-refractivity contribution in [3.8, 4) is 0 Å². The van der Waals surface area contributed by atoms with Gasteiger partial charge in [-0.2, -0.15) is 0 Å². The Morgan fingerprint density at radius 2 is 2.32 bits per heavy atom. The number of aliphatic hydroxyl groups excluding tert-OH is 1. The van der Waals surface area contributed by atoms with E-state index in [0.717, 1.165) is 40.6 Å². The zero-order valence-electron chi connectivity index (χ0n) is 11.1.